The van der Waals surface area contributed by atoms with Gasteiger partial charge in [0.25, 0.3) is 0 Å². The summed E-state index contributed by atoms with van der Waals surface area (Å²) in [6.07, 6.45) is 3.63. The Morgan fingerprint density at radius 2 is 1.96 bits per heavy atom. The Hall–Kier alpha value is -2.66. The van der Waals surface area contributed by atoms with Crippen molar-refractivity contribution in [3.8, 4) is 5.75 Å². The molecule has 0 aliphatic heterocycles. The predicted octanol–water partition coefficient (Wildman–Crippen LogP) is 3.23. The Bertz CT molecular complexity index is 683. The van der Waals surface area contributed by atoms with E-state index in [4.69, 9.17) is 14.2 Å². The van der Waals surface area contributed by atoms with E-state index in [1.54, 1.807) is 26.2 Å². The van der Waals surface area contributed by atoms with Crippen molar-refractivity contribution < 1.29 is 19.0 Å². The van der Waals surface area contributed by atoms with Crippen LogP contribution in [0.15, 0.2) is 48.5 Å². The van der Waals surface area contributed by atoms with Gasteiger partial charge < -0.3 is 14.2 Å². The summed E-state index contributed by atoms with van der Waals surface area (Å²) in [6, 6.07) is 13.6. The van der Waals surface area contributed by atoms with Crippen LogP contribution in [0.1, 0.15) is 23.9 Å². The van der Waals surface area contributed by atoms with Crippen LogP contribution in [0.3, 0.4) is 0 Å². The van der Waals surface area contributed by atoms with Crippen LogP contribution in [0.25, 0.3) is 6.08 Å². The maximum absolute atomic E-state index is 11.4. The highest BCUT2D eigenvalue weighted by atomic mass is 16.7. The molecule has 1 aromatic heterocycles. The summed E-state index contributed by atoms with van der Waals surface area (Å²) in [5, 5.41) is 0. The summed E-state index contributed by atoms with van der Waals surface area (Å²) < 4.78 is 15.4. The van der Waals surface area contributed by atoms with E-state index in [1.807, 2.05) is 36.4 Å². The molecule has 0 saturated heterocycles. The van der Waals surface area contributed by atoms with Gasteiger partial charge in [-0.1, -0.05) is 30.3 Å². The minimum atomic E-state index is -0.386. The van der Waals surface area contributed by atoms with Crippen LogP contribution in [-0.2, 0) is 20.7 Å². The second-order valence-corrected chi connectivity index (χ2v) is 4.98. The van der Waals surface area contributed by atoms with Crippen LogP contribution in [0.5, 0.6) is 5.75 Å². The van der Waals surface area contributed by atoms with Gasteiger partial charge in [0.15, 0.2) is 6.79 Å². The van der Waals surface area contributed by atoms with Crippen molar-refractivity contribution in [2.24, 2.45) is 0 Å². The average molecular weight is 327 g/mol. The molecule has 0 aliphatic rings. The lowest BCUT2D eigenvalue weighted by atomic mass is 10.1. The molecule has 5 heteroatoms. The number of esters is 1. The number of aromatic nitrogens is 1. The largest absolute Gasteiger partial charge is 0.466 e. The van der Waals surface area contributed by atoms with Gasteiger partial charge >= 0.3 is 5.97 Å². The average Bonchev–Trinajstić information content (AvgIpc) is 2.60. The molecule has 2 rings (SSSR count). The second kappa shape index (κ2) is 9.47. The van der Waals surface area contributed by atoms with Gasteiger partial charge in [0.1, 0.15) is 5.75 Å². The van der Waals surface area contributed by atoms with Crippen LogP contribution in [0.4, 0.5) is 0 Å². The Morgan fingerprint density at radius 1 is 1.17 bits per heavy atom. The van der Waals surface area contributed by atoms with Gasteiger partial charge in [-0.2, -0.15) is 0 Å². The molecule has 1 heterocycles. The first-order chi connectivity index (χ1) is 11.7. The first kappa shape index (κ1) is 17.7. The van der Waals surface area contributed by atoms with E-state index < -0.39 is 0 Å². The molecule has 0 atom stereocenters. The zero-order chi connectivity index (χ0) is 17.2. The molecule has 0 saturated carbocycles. The van der Waals surface area contributed by atoms with E-state index in [1.165, 1.54) is 6.08 Å². The number of rotatable bonds is 8. The molecule has 1 aromatic carbocycles. The highest BCUT2D eigenvalue weighted by molar-refractivity contribution is 5.86. The number of hydrogen-bond donors (Lipinski definition) is 0. The number of hydrogen-bond acceptors (Lipinski definition) is 5. The monoisotopic (exact) mass is 327 g/mol. The fourth-order valence-electron chi connectivity index (χ4n) is 2.11. The molecule has 0 N–H and O–H groups in total. The molecule has 5 nitrogen and oxygen atoms in total. The summed E-state index contributed by atoms with van der Waals surface area (Å²) in [5.41, 5.74) is 2.57. The highest BCUT2D eigenvalue weighted by Crippen LogP contribution is 2.21. The molecular formula is C19H21NO4. The number of ether oxygens (including phenoxy) is 3. The van der Waals surface area contributed by atoms with E-state index in [0.717, 1.165) is 11.3 Å². The fraction of sp³-hybridized carbons (Fsp3) is 0.263. The van der Waals surface area contributed by atoms with E-state index in [9.17, 15) is 4.79 Å². The van der Waals surface area contributed by atoms with E-state index in [-0.39, 0.29) is 12.8 Å². The van der Waals surface area contributed by atoms with Crippen LogP contribution >= 0.6 is 0 Å². The van der Waals surface area contributed by atoms with Crippen molar-refractivity contribution in [3.05, 3.63) is 65.5 Å². The van der Waals surface area contributed by atoms with Crippen molar-refractivity contribution in [3.63, 3.8) is 0 Å². The van der Waals surface area contributed by atoms with Gasteiger partial charge in [0.2, 0.25) is 0 Å². The van der Waals surface area contributed by atoms with Crippen molar-refractivity contribution in [1.29, 1.82) is 0 Å². The van der Waals surface area contributed by atoms with Crippen LogP contribution in [0, 0.1) is 0 Å². The molecule has 2 aromatic rings. The molecule has 0 aliphatic carbocycles. The molecule has 0 amide bonds. The van der Waals surface area contributed by atoms with Crippen LogP contribution in [-0.4, -0.2) is 31.5 Å². The van der Waals surface area contributed by atoms with E-state index in [2.05, 4.69) is 4.98 Å². The van der Waals surface area contributed by atoms with Crippen molar-refractivity contribution in [1.82, 2.24) is 4.98 Å². The normalized spacial score (nSPS) is 10.8. The molecular weight excluding hydrogens is 306 g/mol. The Kier molecular flexibility index (Phi) is 6.98. The Balaban J connectivity index is 2.22. The van der Waals surface area contributed by atoms with Crippen LogP contribution < -0.4 is 4.74 Å². The zero-order valence-corrected chi connectivity index (χ0v) is 13.9. The number of carbonyl (C=O) groups excluding carboxylic acids is 1. The van der Waals surface area contributed by atoms with Gasteiger partial charge in [-0.3, -0.25) is 0 Å². The van der Waals surface area contributed by atoms with Gasteiger partial charge in [-0.25, -0.2) is 9.78 Å². The quantitative estimate of drug-likeness (QED) is 0.423. The van der Waals surface area contributed by atoms with Gasteiger partial charge in [0, 0.05) is 19.6 Å². The molecule has 0 spiro atoms. The Labute approximate surface area is 141 Å². The van der Waals surface area contributed by atoms with Crippen molar-refractivity contribution >= 4 is 12.0 Å². The maximum atomic E-state index is 11.4. The molecule has 126 valence electrons. The number of pyridine rings is 1. The van der Waals surface area contributed by atoms with Crippen LogP contribution in [0.2, 0.25) is 0 Å². The lowest BCUT2D eigenvalue weighted by Gasteiger charge is -2.11. The van der Waals surface area contributed by atoms with Crippen molar-refractivity contribution in [2.75, 3.05) is 20.5 Å². The summed E-state index contributed by atoms with van der Waals surface area (Å²) in [6.45, 7) is 2.27. The summed E-state index contributed by atoms with van der Waals surface area (Å²) >= 11 is 0. The first-order valence-electron chi connectivity index (χ1n) is 7.73. The number of nitrogens with zero attached hydrogens (tertiary/aromatic N) is 1. The third kappa shape index (κ3) is 5.52. The van der Waals surface area contributed by atoms with E-state index >= 15 is 0 Å². The molecule has 0 fully saturated rings. The topological polar surface area (TPSA) is 57.7 Å². The minimum Gasteiger partial charge on any atom is -0.466 e. The number of benzene rings is 1. The number of carbonyl (C=O) groups is 1. The third-order valence-corrected chi connectivity index (χ3v) is 3.18. The lowest BCUT2D eigenvalue weighted by Crippen LogP contribution is -2.05. The highest BCUT2D eigenvalue weighted by Gasteiger charge is 2.08. The fourth-order valence-corrected chi connectivity index (χ4v) is 2.11. The third-order valence-electron chi connectivity index (χ3n) is 3.18. The minimum absolute atomic E-state index is 0.154. The lowest BCUT2D eigenvalue weighted by molar-refractivity contribution is -0.137. The van der Waals surface area contributed by atoms with E-state index in [0.29, 0.717) is 24.5 Å². The summed E-state index contributed by atoms with van der Waals surface area (Å²) in [4.78, 5) is 16.0. The van der Waals surface area contributed by atoms with Gasteiger partial charge in [-0.15, -0.1) is 0 Å². The SMILES string of the molecule is CCOC(=O)/C=C/c1ccc(OCOC)c(Cc2ccccc2)n1. The van der Waals surface area contributed by atoms with Crippen molar-refractivity contribution in [2.45, 2.75) is 13.3 Å². The molecule has 0 bridgehead atoms. The van der Waals surface area contributed by atoms with Gasteiger partial charge in [0.05, 0.1) is 18.0 Å². The standard InChI is InChI=1S/C19H21NO4/c1-3-23-19(21)12-10-16-9-11-18(24-14-22-2)17(20-16)13-15-7-5-4-6-8-15/h4-12H,3,13-14H2,1-2H3/b12-10+. The predicted molar refractivity (Wildman–Crippen MR) is 91.7 cm³/mol. The number of methoxy groups -OCH3 is 1. The molecule has 24 heavy (non-hydrogen) atoms. The zero-order valence-electron chi connectivity index (χ0n) is 13.9. The second-order valence-electron chi connectivity index (χ2n) is 4.98. The smallest absolute Gasteiger partial charge is 0.330 e. The molecule has 0 radical (unpaired) electrons. The Morgan fingerprint density at radius 3 is 2.67 bits per heavy atom. The molecule has 0 unspecified atom stereocenters. The first-order valence-corrected chi connectivity index (χ1v) is 7.73. The summed E-state index contributed by atoms with van der Waals surface area (Å²) in [7, 11) is 1.57. The summed E-state index contributed by atoms with van der Waals surface area (Å²) in [5.74, 6) is 0.276. The van der Waals surface area contributed by atoms with Gasteiger partial charge in [-0.05, 0) is 30.7 Å². The maximum Gasteiger partial charge on any atom is 0.330 e.